The van der Waals surface area contributed by atoms with Gasteiger partial charge in [0.1, 0.15) is 17.5 Å². The first-order valence-electron chi connectivity index (χ1n) is 12.6. The summed E-state index contributed by atoms with van der Waals surface area (Å²) in [7, 11) is 1.26. The number of aliphatic hydroxyl groups is 2. The molecule has 198 valence electrons. The summed E-state index contributed by atoms with van der Waals surface area (Å²) in [6.45, 7) is 8.95. The third-order valence-corrected chi connectivity index (χ3v) is 10.4. The molecule has 2 saturated heterocycles. The number of hydrogen-bond acceptors (Lipinski definition) is 9. The van der Waals surface area contributed by atoms with E-state index in [4.69, 9.17) is 18.6 Å². The zero-order chi connectivity index (χ0) is 26.5. The zero-order valence-corrected chi connectivity index (χ0v) is 21.7. The summed E-state index contributed by atoms with van der Waals surface area (Å²) >= 11 is 0. The van der Waals surface area contributed by atoms with E-state index in [2.05, 4.69) is 0 Å². The standard InChI is InChI=1S/C27H36O9/c1-23(2,32)16-11-18(29)26(5)15(25(16,4)17(28)12-19(30)33-6)7-9-24(3)20(14-8-10-34-13-14)35-22(31)21-27(24,26)36-21/h8,10,13,15-17,20-21,28,32H,7,9,11-12H2,1-6H3/t15-,16?,17+,20+,21-,24+,25-,26+,27-/m1/s1. The molecule has 2 N–H and O–H groups in total. The van der Waals surface area contributed by atoms with Crippen LogP contribution in [0, 0.1) is 28.1 Å². The highest BCUT2D eigenvalue weighted by molar-refractivity contribution is 5.93. The predicted octanol–water partition coefficient (Wildman–Crippen LogP) is 2.73. The SMILES string of the molecule is COC(=O)C[C@H](O)[C@@]1(C)C(C(C)(C)O)CC(=O)[C@]2(C)[C@@H]1CC[C@@]1(C)[C@H](c3ccoc3)OC(=O)[C@H]3O[C@]312. The Morgan fingerprint density at radius 3 is 2.53 bits per heavy atom. The van der Waals surface area contributed by atoms with Crippen molar-refractivity contribution in [1.82, 2.24) is 0 Å². The topological polar surface area (TPSA) is 136 Å². The molecule has 1 unspecified atom stereocenters. The van der Waals surface area contributed by atoms with Gasteiger partial charge in [-0.25, -0.2) is 4.79 Å². The van der Waals surface area contributed by atoms with Crippen LogP contribution in [0.3, 0.4) is 0 Å². The van der Waals surface area contributed by atoms with Crippen LogP contribution in [0.4, 0.5) is 0 Å². The maximum atomic E-state index is 14.2. The van der Waals surface area contributed by atoms with E-state index in [1.165, 1.54) is 13.4 Å². The van der Waals surface area contributed by atoms with Gasteiger partial charge in [0, 0.05) is 28.7 Å². The third kappa shape index (κ3) is 2.90. The maximum Gasteiger partial charge on any atom is 0.339 e. The fourth-order valence-corrected chi connectivity index (χ4v) is 8.59. The number of ketones is 1. The number of cyclic esters (lactones) is 1. The summed E-state index contributed by atoms with van der Waals surface area (Å²) in [5, 5.41) is 22.7. The number of methoxy groups -OCH3 is 1. The van der Waals surface area contributed by atoms with Crippen molar-refractivity contribution in [2.24, 2.45) is 28.1 Å². The molecule has 1 spiro atoms. The number of hydrogen-bond donors (Lipinski definition) is 2. The van der Waals surface area contributed by atoms with E-state index in [-0.39, 0.29) is 18.6 Å². The number of carbonyl (C=O) groups is 3. The minimum atomic E-state index is -1.31. The highest BCUT2D eigenvalue weighted by Crippen LogP contribution is 2.78. The monoisotopic (exact) mass is 504 g/mol. The highest BCUT2D eigenvalue weighted by Gasteiger charge is 2.88. The number of ether oxygens (including phenoxy) is 3. The Kier molecular flexibility index (Phi) is 5.40. The van der Waals surface area contributed by atoms with E-state index in [0.29, 0.717) is 18.4 Å². The number of esters is 2. The van der Waals surface area contributed by atoms with Crippen molar-refractivity contribution in [1.29, 1.82) is 0 Å². The predicted molar refractivity (Wildman–Crippen MR) is 124 cm³/mol. The van der Waals surface area contributed by atoms with Gasteiger partial charge in [0.15, 0.2) is 6.10 Å². The molecule has 9 heteroatoms. The van der Waals surface area contributed by atoms with Gasteiger partial charge < -0.3 is 28.8 Å². The van der Waals surface area contributed by atoms with E-state index in [9.17, 15) is 24.6 Å². The number of epoxide rings is 1. The Balaban J connectivity index is 1.67. The van der Waals surface area contributed by atoms with Crippen molar-refractivity contribution in [3.63, 3.8) is 0 Å². The van der Waals surface area contributed by atoms with Gasteiger partial charge in [-0.3, -0.25) is 9.59 Å². The lowest BCUT2D eigenvalue weighted by Crippen LogP contribution is -2.73. The second-order valence-electron chi connectivity index (χ2n) is 12.3. The smallest absolute Gasteiger partial charge is 0.339 e. The molecule has 9 atom stereocenters. The fourth-order valence-electron chi connectivity index (χ4n) is 8.59. The molecule has 4 fully saturated rings. The molecular weight excluding hydrogens is 468 g/mol. The molecule has 0 aromatic carbocycles. The number of carbonyl (C=O) groups excluding carboxylic acids is 3. The lowest BCUT2D eigenvalue weighted by Gasteiger charge is -2.66. The van der Waals surface area contributed by atoms with Gasteiger partial charge in [-0.2, -0.15) is 0 Å². The van der Waals surface area contributed by atoms with Gasteiger partial charge in [-0.1, -0.05) is 13.8 Å². The molecule has 0 radical (unpaired) electrons. The van der Waals surface area contributed by atoms with Crippen molar-refractivity contribution in [2.75, 3.05) is 7.11 Å². The van der Waals surface area contributed by atoms with Crippen LogP contribution in [0.1, 0.15) is 72.0 Å². The molecule has 9 nitrogen and oxygen atoms in total. The molecular formula is C27H36O9. The largest absolute Gasteiger partial charge is 0.472 e. The van der Waals surface area contributed by atoms with E-state index in [1.807, 2.05) is 20.8 Å². The molecule has 0 amide bonds. The second kappa shape index (κ2) is 7.65. The maximum absolute atomic E-state index is 14.2. The Labute approximate surface area is 210 Å². The molecule has 4 aliphatic rings. The summed E-state index contributed by atoms with van der Waals surface area (Å²) in [6, 6.07) is 1.76. The number of rotatable bonds is 5. The van der Waals surface area contributed by atoms with Crippen molar-refractivity contribution in [3.8, 4) is 0 Å². The number of fused-ring (bicyclic) bond motifs is 1. The van der Waals surface area contributed by atoms with Crippen LogP contribution in [0.25, 0.3) is 0 Å². The van der Waals surface area contributed by atoms with E-state index < -0.39 is 69.5 Å². The van der Waals surface area contributed by atoms with Crippen LogP contribution in [-0.2, 0) is 28.6 Å². The number of furan rings is 1. The van der Waals surface area contributed by atoms with E-state index in [1.54, 1.807) is 26.2 Å². The third-order valence-electron chi connectivity index (χ3n) is 10.4. The molecule has 5 rings (SSSR count). The van der Waals surface area contributed by atoms with Crippen LogP contribution < -0.4 is 0 Å². The average molecular weight is 505 g/mol. The fraction of sp³-hybridized carbons (Fsp3) is 0.741. The summed E-state index contributed by atoms with van der Waals surface area (Å²) < 4.78 is 22.3. The first-order chi connectivity index (χ1) is 16.7. The Morgan fingerprint density at radius 1 is 1.25 bits per heavy atom. The van der Waals surface area contributed by atoms with Gasteiger partial charge in [0.2, 0.25) is 0 Å². The van der Waals surface area contributed by atoms with Crippen LogP contribution >= 0.6 is 0 Å². The zero-order valence-electron chi connectivity index (χ0n) is 21.7. The normalized spacial score (nSPS) is 44.6. The van der Waals surface area contributed by atoms with Crippen LogP contribution in [0.5, 0.6) is 0 Å². The van der Waals surface area contributed by atoms with Crippen LogP contribution in [0.15, 0.2) is 23.0 Å². The minimum absolute atomic E-state index is 0.0232. The van der Waals surface area contributed by atoms with Gasteiger partial charge in [-0.15, -0.1) is 0 Å². The number of aliphatic hydroxyl groups excluding tert-OH is 1. The van der Waals surface area contributed by atoms with Crippen molar-refractivity contribution in [3.05, 3.63) is 24.2 Å². The average Bonchev–Trinajstić information content (AvgIpc) is 3.37. The van der Waals surface area contributed by atoms with E-state index >= 15 is 0 Å². The van der Waals surface area contributed by atoms with Crippen LogP contribution in [0.2, 0.25) is 0 Å². The second-order valence-corrected chi connectivity index (χ2v) is 12.3. The molecule has 2 saturated carbocycles. The van der Waals surface area contributed by atoms with Gasteiger partial charge in [0.05, 0.1) is 43.2 Å². The summed E-state index contributed by atoms with van der Waals surface area (Å²) in [5.74, 6) is -2.31. The van der Waals surface area contributed by atoms with Crippen molar-refractivity contribution in [2.45, 2.75) is 89.8 Å². The number of Topliss-reactive ketones (excluding diaryl/α,β-unsaturated/α-hetero) is 1. The highest BCUT2D eigenvalue weighted by atomic mass is 16.7. The van der Waals surface area contributed by atoms with Gasteiger partial charge in [-0.05, 0) is 45.6 Å². The lowest BCUT2D eigenvalue weighted by molar-refractivity contribution is -0.236. The summed E-state index contributed by atoms with van der Waals surface area (Å²) in [5.41, 5.74) is -4.70. The quantitative estimate of drug-likeness (QED) is 0.458. The Hall–Kier alpha value is -2.23. The first-order valence-corrected chi connectivity index (χ1v) is 12.6. The molecule has 1 aromatic rings. The minimum Gasteiger partial charge on any atom is -0.472 e. The lowest BCUT2D eigenvalue weighted by atomic mass is 9.37. The molecule has 3 heterocycles. The molecule has 2 aliphatic carbocycles. The Morgan fingerprint density at radius 2 is 1.94 bits per heavy atom. The summed E-state index contributed by atoms with van der Waals surface area (Å²) in [4.78, 5) is 39.5. The summed E-state index contributed by atoms with van der Waals surface area (Å²) in [6.07, 6.45) is 1.08. The first kappa shape index (κ1) is 25.4. The molecule has 2 aliphatic heterocycles. The Bertz CT molecular complexity index is 1090. The van der Waals surface area contributed by atoms with Gasteiger partial charge in [0.25, 0.3) is 0 Å². The molecule has 36 heavy (non-hydrogen) atoms. The van der Waals surface area contributed by atoms with E-state index in [0.717, 1.165) is 0 Å². The molecule has 0 bridgehead atoms. The molecule has 1 aromatic heterocycles. The van der Waals surface area contributed by atoms with Crippen molar-refractivity contribution >= 4 is 17.7 Å². The van der Waals surface area contributed by atoms with Gasteiger partial charge >= 0.3 is 11.9 Å². The van der Waals surface area contributed by atoms with Crippen molar-refractivity contribution < 1.29 is 43.2 Å². The van der Waals surface area contributed by atoms with Crippen LogP contribution in [-0.4, -0.2) is 58.5 Å².